The zero-order valence-electron chi connectivity index (χ0n) is 10.2. The summed E-state index contributed by atoms with van der Waals surface area (Å²) in [6.45, 7) is 0. The third-order valence-electron chi connectivity index (χ3n) is 2.83. The summed E-state index contributed by atoms with van der Waals surface area (Å²) in [7, 11) is 0. The van der Waals surface area contributed by atoms with E-state index in [0.717, 1.165) is 16.2 Å². The second-order valence-electron chi connectivity index (χ2n) is 4.14. The molecule has 0 amide bonds. The lowest BCUT2D eigenvalue weighted by Gasteiger charge is -2.05. The Morgan fingerprint density at radius 2 is 2.00 bits per heavy atom. The van der Waals surface area contributed by atoms with Gasteiger partial charge in [0.1, 0.15) is 5.82 Å². The molecule has 3 aromatic rings. The molecule has 0 aliphatic heterocycles. The van der Waals surface area contributed by atoms with E-state index in [4.69, 9.17) is 10.3 Å². The van der Waals surface area contributed by atoms with E-state index in [1.54, 1.807) is 0 Å². The van der Waals surface area contributed by atoms with Crippen LogP contribution in [0.15, 0.2) is 51.7 Å². The number of hydrogen-bond donors (Lipinski definition) is 1. The molecule has 20 heavy (non-hydrogen) atoms. The Morgan fingerprint density at radius 3 is 2.75 bits per heavy atom. The molecule has 2 heterocycles. The van der Waals surface area contributed by atoms with E-state index in [1.165, 1.54) is 12.3 Å². The normalized spacial score (nSPS) is 10.7. The second-order valence-corrected chi connectivity index (χ2v) is 5.00. The van der Waals surface area contributed by atoms with Crippen molar-refractivity contribution in [2.24, 2.45) is 0 Å². The number of rotatable bonds is 2. The molecule has 1 aromatic carbocycles. The number of nitrogens with two attached hydrogens (primary N) is 1. The Balaban J connectivity index is 2.23. The molecule has 0 saturated carbocycles. The lowest BCUT2D eigenvalue weighted by atomic mass is 10.0. The van der Waals surface area contributed by atoms with Crippen molar-refractivity contribution in [1.29, 1.82) is 0 Å². The van der Waals surface area contributed by atoms with Crippen molar-refractivity contribution in [2.75, 3.05) is 5.73 Å². The van der Waals surface area contributed by atoms with E-state index >= 15 is 0 Å². The number of benzene rings is 1. The maximum Gasteiger partial charge on any atom is 0.178 e. The predicted molar refractivity (Wildman–Crippen MR) is 77.2 cm³/mol. The topological polar surface area (TPSA) is 64.9 Å². The monoisotopic (exact) mass is 333 g/mol. The highest BCUT2D eigenvalue weighted by atomic mass is 79.9. The summed E-state index contributed by atoms with van der Waals surface area (Å²) in [5, 5.41) is 3.77. The van der Waals surface area contributed by atoms with Gasteiger partial charge in [0.2, 0.25) is 0 Å². The van der Waals surface area contributed by atoms with Crippen LogP contribution in [0.25, 0.3) is 22.5 Å². The molecule has 0 bridgehead atoms. The zero-order chi connectivity index (χ0) is 14.1. The van der Waals surface area contributed by atoms with E-state index in [-0.39, 0.29) is 5.82 Å². The molecule has 6 heteroatoms. The number of pyridine rings is 1. The first kappa shape index (κ1) is 12.8. The molecule has 100 valence electrons. The molecule has 0 atom stereocenters. The molecule has 3 rings (SSSR count). The van der Waals surface area contributed by atoms with Gasteiger partial charge < -0.3 is 10.3 Å². The molecule has 2 N–H and O–H groups in total. The summed E-state index contributed by atoms with van der Waals surface area (Å²) in [5.74, 6) is 0.188. The molecule has 0 saturated heterocycles. The molecule has 0 aliphatic rings. The van der Waals surface area contributed by atoms with Crippen molar-refractivity contribution in [3.8, 4) is 22.5 Å². The molecule has 0 spiro atoms. The van der Waals surface area contributed by atoms with Crippen LogP contribution in [0.2, 0.25) is 0 Å². The quantitative estimate of drug-likeness (QED) is 0.772. The molecule has 2 aromatic heterocycles. The first-order valence-electron chi connectivity index (χ1n) is 5.78. The van der Waals surface area contributed by atoms with Gasteiger partial charge in [-0.1, -0.05) is 39.3 Å². The van der Waals surface area contributed by atoms with Crippen LogP contribution in [-0.4, -0.2) is 10.1 Å². The third-order valence-corrected chi connectivity index (χ3v) is 3.52. The van der Waals surface area contributed by atoms with Gasteiger partial charge in [-0.2, -0.15) is 0 Å². The number of halogens is 2. The molecular weight excluding hydrogens is 325 g/mol. The minimum atomic E-state index is -0.449. The van der Waals surface area contributed by atoms with E-state index < -0.39 is 5.82 Å². The first-order chi connectivity index (χ1) is 9.66. The minimum Gasteiger partial charge on any atom is -0.380 e. The van der Waals surface area contributed by atoms with E-state index in [2.05, 4.69) is 26.1 Å². The lowest BCUT2D eigenvalue weighted by molar-refractivity contribution is 0.435. The fraction of sp³-hybridized carbons (Fsp3) is 0. The van der Waals surface area contributed by atoms with Crippen LogP contribution in [0, 0.1) is 5.82 Å². The first-order valence-corrected chi connectivity index (χ1v) is 6.57. The van der Waals surface area contributed by atoms with Crippen molar-refractivity contribution >= 4 is 21.7 Å². The van der Waals surface area contributed by atoms with Crippen LogP contribution >= 0.6 is 15.9 Å². The van der Waals surface area contributed by atoms with E-state index in [9.17, 15) is 4.39 Å². The van der Waals surface area contributed by atoms with Crippen molar-refractivity contribution < 1.29 is 8.91 Å². The Kier molecular flexibility index (Phi) is 3.23. The van der Waals surface area contributed by atoms with Crippen molar-refractivity contribution in [3.63, 3.8) is 0 Å². The number of nitrogens with zero attached hydrogens (tertiary/aromatic N) is 2. The van der Waals surface area contributed by atoms with E-state index in [1.807, 2.05) is 24.3 Å². The average molecular weight is 334 g/mol. The summed E-state index contributed by atoms with van der Waals surface area (Å²) in [6.07, 6.45) is 2.63. The molecule has 0 unspecified atom stereocenters. The summed E-state index contributed by atoms with van der Waals surface area (Å²) >= 11 is 3.46. The highest BCUT2D eigenvalue weighted by Gasteiger charge is 2.19. The number of aromatic nitrogens is 2. The maximum atomic E-state index is 13.3. The maximum absolute atomic E-state index is 13.3. The van der Waals surface area contributed by atoms with Gasteiger partial charge in [0.05, 0.1) is 11.8 Å². The minimum absolute atomic E-state index is 0.246. The van der Waals surface area contributed by atoms with Gasteiger partial charge in [0.15, 0.2) is 11.6 Å². The summed E-state index contributed by atoms with van der Waals surface area (Å²) in [6, 6.07) is 8.85. The van der Waals surface area contributed by atoms with Gasteiger partial charge in [-0.3, -0.25) is 4.98 Å². The molecule has 0 radical (unpaired) electrons. The van der Waals surface area contributed by atoms with Crippen LogP contribution in [-0.2, 0) is 0 Å². The lowest BCUT2D eigenvalue weighted by Crippen LogP contribution is -1.90. The van der Waals surface area contributed by atoms with Crippen LogP contribution in [0.3, 0.4) is 0 Å². The molecule has 0 aliphatic carbocycles. The Bertz CT molecular complexity index is 773. The van der Waals surface area contributed by atoms with Gasteiger partial charge in [-0.05, 0) is 12.1 Å². The van der Waals surface area contributed by atoms with Crippen LogP contribution in [0.1, 0.15) is 0 Å². The second kappa shape index (κ2) is 5.05. The van der Waals surface area contributed by atoms with Crippen molar-refractivity contribution in [2.45, 2.75) is 0 Å². The number of anilines is 1. The summed E-state index contributed by atoms with van der Waals surface area (Å²) in [5.41, 5.74) is 7.80. The highest BCUT2D eigenvalue weighted by Crippen LogP contribution is 2.39. The Labute approximate surface area is 122 Å². The molecular formula is C14H9BrFN3O. The van der Waals surface area contributed by atoms with Crippen LogP contribution in [0.5, 0.6) is 0 Å². The van der Waals surface area contributed by atoms with E-state index in [0.29, 0.717) is 16.9 Å². The largest absolute Gasteiger partial charge is 0.380 e. The smallest absolute Gasteiger partial charge is 0.178 e. The molecule has 0 fully saturated rings. The zero-order valence-corrected chi connectivity index (χ0v) is 11.8. The Morgan fingerprint density at radius 1 is 1.20 bits per heavy atom. The molecule has 4 nitrogen and oxygen atoms in total. The van der Waals surface area contributed by atoms with Gasteiger partial charge in [-0.25, -0.2) is 4.39 Å². The van der Waals surface area contributed by atoms with Crippen LogP contribution < -0.4 is 5.73 Å². The van der Waals surface area contributed by atoms with Crippen molar-refractivity contribution in [1.82, 2.24) is 10.1 Å². The van der Waals surface area contributed by atoms with Crippen molar-refractivity contribution in [3.05, 3.63) is 53.0 Å². The predicted octanol–water partition coefficient (Wildman–Crippen LogP) is 3.89. The summed E-state index contributed by atoms with van der Waals surface area (Å²) in [4.78, 5) is 3.81. The Hall–Kier alpha value is -2.21. The van der Waals surface area contributed by atoms with Gasteiger partial charge in [-0.15, -0.1) is 0 Å². The standard InChI is InChI=1S/C14H9BrFN3O/c15-11-4-2-1-3-10(11)12-13(20-19-14(12)17)8-5-9(16)7-18-6-8/h1-7H,(H2,17,19). The van der Waals surface area contributed by atoms with Gasteiger partial charge in [0, 0.05) is 21.8 Å². The van der Waals surface area contributed by atoms with Gasteiger partial charge in [0.25, 0.3) is 0 Å². The average Bonchev–Trinajstić information content (AvgIpc) is 2.81. The third kappa shape index (κ3) is 2.18. The highest BCUT2D eigenvalue weighted by molar-refractivity contribution is 9.10. The fourth-order valence-corrected chi connectivity index (χ4v) is 2.44. The number of nitrogen functional groups attached to an aromatic ring is 1. The van der Waals surface area contributed by atoms with Gasteiger partial charge >= 0.3 is 0 Å². The fourth-order valence-electron chi connectivity index (χ4n) is 1.96. The van der Waals surface area contributed by atoms with Crippen LogP contribution in [0.4, 0.5) is 10.2 Å². The number of hydrogen-bond acceptors (Lipinski definition) is 4. The summed E-state index contributed by atoms with van der Waals surface area (Å²) < 4.78 is 19.4. The SMILES string of the molecule is Nc1noc(-c2cncc(F)c2)c1-c1ccccc1Br.